The lowest BCUT2D eigenvalue weighted by Crippen LogP contribution is -2.06. The minimum atomic E-state index is -0.182. The molecule has 1 aliphatic rings. The lowest BCUT2D eigenvalue weighted by atomic mass is 10.0. The van der Waals surface area contributed by atoms with Gasteiger partial charge in [-0.15, -0.1) is 0 Å². The van der Waals surface area contributed by atoms with Crippen LogP contribution in [0.25, 0.3) is 0 Å². The number of hydrogen-bond donors (Lipinski definition) is 0. The van der Waals surface area contributed by atoms with Crippen molar-refractivity contribution in [1.82, 2.24) is 0 Å². The SMILES string of the molecule is C=C1CC(CCCCCCCCCCCCC)OC1=O. The molecule has 2 heteroatoms. The topological polar surface area (TPSA) is 26.3 Å². The zero-order valence-corrected chi connectivity index (χ0v) is 13.3. The highest BCUT2D eigenvalue weighted by atomic mass is 16.5. The summed E-state index contributed by atoms with van der Waals surface area (Å²) in [5.74, 6) is -0.182. The van der Waals surface area contributed by atoms with Gasteiger partial charge in [0, 0.05) is 12.0 Å². The van der Waals surface area contributed by atoms with Crippen LogP contribution in [0.15, 0.2) is 12.2 Å². The monoisotopic (exact) mass is 280 g/mol. The molecule has 2 nitrogen and oxygen atoms in total. The van der Waals surface area contributed by atoms with Crippen LogP contribution in [0.1, 0.15) is 90.4 Å². The van der Waals surface area contributed by atoms with Crippen molar-refractivity contribution in [1.29, 1.82) is 0 Å². The van der Waals surface area contributed by atoms with E-state index in [-0.39, 0.29) is 12.1 Å². The molecule has 0 aliphatic carbocycles. The highest BCUT2D eigenvalue weighted by Gasteiger charge is 2.26. The summed E-state index contributed by atoms with van der Waals surface area (Å²) in [4.78, 5) is 11.2. The van der Waals surface area contributed by atoms with E-state index in [1.165, 1.54) is 70.6 Å². The number of carbonyl (C=O) groups excluding carboxylic acids is 1. The normalized spacial score (nSPS) is 18.6. The Hall–Kier alpha value is -0.790. The molecule has 0 N–H and O–H groups in total. The van der Waals surface area contributed by atoms with E-state index < -0.39 is 0 Å². The summed E-state index contributed by atoms with van der Waals surface area (Å²) >= 11 is 0. The Morgan fingerprint density at radius 3 is 1.90 bits per heavy atom. The average Bonchev–Trinajstić information content (AvgIpc) is 2.75. The molecule has 20 heavy (non-hydrogen) atoms. The average molecular weight is 280 g/mol. The van der Waals surface area contributed by atoms with Crippen LogP contribution in [-0.2, 0) is 9.53 Å². The first-order chi connectivity index (χ1) is 9.74. The number of hydrogen-bond acceptors (Lipinski definition) is 2. The van der Waals surface area contributed by atoms with Gasteiger partial charge in [-0.2, -0.15) is 0 Å². The summed E-state index contributed by atoms with van der Waals surface area (Å²) in [5, 5.41) is 0. The van der Waals surface area contributed by atoms with E-state index in [1.54, 1.807) is 0 Å². The predicted molar refractivity (Wildman–Crippen MR) is 84.7 cm³/mol. The zero-order chi connectivity index (χ0) is 14.6. The molecule has 0 radical (unpaired) electrons. The third-order valence-electron chi connectivity index (χ3n) is 4.17. The van der Waals surface area contributed by atoms with Gasteiger partial charge in [0.15, 0.2) is 0 Å². The van der Waals surface area contributed by atoms with Gasteiger partial charge < -0.3 is 4.74 Å². The number of unbranched alkanes of at least 4 members (excludes halogenated alkanes) is 10. The van der Waals surface area contributed by atoms with Crippen LogP contribution in [0.4, 0.5) is 0 Å². The van der Waals surface area contributed by atoms with E-state index in [4.69, 9.17) is 4.74 Å². The van der Waals surface area contributed by atoms with Crippen LogP contribution < -0.4 is 0 Å². The molecule has 0 aromatic rings. The Morgan fingerprint density at radius 1 is 0.950 bits per heavy atom. The molecule has 1 rings (SSSR count). The predicted octanol–water partition coefficient (Wildman–Crippen LogP) is 5.56. The molecule has 0 saturated carbocycles. The number of ether oxygens (including phenoxy) is 1. The first-order valence-electron chi connectivity index (χ1n) is 8.62. The number of cyclic esters (lactones) is 1. The fourth-order valence-corrected chi connectivity index (χ4v) is 2.83. The van der Waals surface area contributed by atoms with Gasteiger partial charge in [0.05, 0.1) is 0 Å². The maximum absolute atomic E-state index is 11.2. The maximum Gasteiger partial charge on any atom is 0.333 e. The molecule has 1 aliphatic heterocycles. The summed E-state index contributed by atoms with van der Waals surface area (Å²) in [6, 6.07) is 0. The molecule has 0 aromatic carbocycles. The summed E-state index contributed by atoms with van der Waals surface area (Å²) in [6.07, 6.45) is 16.8. The van der Waals surface area contributed by atoms with E-state index >= 15 is 0 Å². The Bertz CT molecular complexity index is 267. The molecule has 1 saturated heterocycles. The number of carbonyl (C=O) groups is 1. The van der Waals surface area contributed by atoms with E-state index in [1.807, 2.05) is 0 Å². The molecule has 1 atom stereocenters. The van der Waals surface area contributed by atoms with E-state index in [2.05, 4.69) is 13.5 Å². The quantitative estimate of drug-likeness (QED) is 0.266. The smallest absolute Gasteiger partial charge is 0.333 e. The van der Waals surface area contributed by atoms with Crippen molar-refractivity contribution in [2.45, 2.75) is 96.5 Å². The zero-order valence-electron chi connectivity index (χ0n) is 13.3. The van der Waals surface area contributed by atoms with E-state index in [0.29, 0.717) is 5.57 Å². The summed E-state index contributed by atoms with van der Waals surface area (Å²) in [5.41, 5.74) is 0.651. The van der Waals surface area contributed by atoms with E-state index in [0.717, 1.165) is 12.8 Å². The lowest BCUT2D eigenvalue weighted by Gasteiger charge is -2.07. The van der Waals surface area contributed by atoms with Crippen molar-refractivity contribution >= 4 is 5.97 Å². The highest BCUT2D eigenvalue weighted by Crippen LogP contribution is 2.23. The number of rotatable bonds is 12. The van der Waals surface area contributed by atoms with Crippen molar-refractivity contribution in [2.24, 2.45) is 0 Å². The standard InChI is InChI=1S/C18H32O2/c1-3-4-5-6-7-8-9-10-11-12-13-14-17-15-16(2)18(19)20-17/h17H,2-15H2,1H3. The first-order valence-corrected chi connectivity index (χ1v) is 8.62. The van der Waals surface area contributed by atoms with Gasteiger partial charge in [0.25, 0.3) is 0 Å². The van der Waals surface area contributed by atoms with Gasteiger partial charge in [0.1, 0.15) is 6.10 Å². The van der Waals surface area contributed by atoms with Gasteiger partial charge in [-0.3, -0.25) is 0 Å². The number of esters is 1. The summed E-state index contributed by atoms with van der Waals surface area (Å²) in [7, 11) is 0. The Morgan fingerprint density at radius 2 is 1.45 bits per heavy atom. The Kier molecular flexibility index (Phi) is 9.44. The van der Waals surface area contributed by atoms with Crippen molar-refractivity contribution in [3.05, 3.63) is 12.2 Å². The van der Waals surface area contributed by atoms with E-state index in [9.17, 15) is 4.79 Å². The van der Waals surface area contributed by atoms with Gasteiger partial charge in [-0.05, 0) is 12.8 Å². The Balaban J connectivity index is 1.79. The Labute approximate surface area is 125 Å². The molecule has 0 spiro atoms. The molecule has 1 heterocycles. The van der Waals surface area contributed by atoms with Gasteiger partial charge in [-0.25, -0.2) is 4.79 Å². The molecule has 0 bridgehead atoms. The van der Waals surface area contributed by atoms with Crippen molar-refractivity contribution in [3.63, 3.8) is 0 Å². The second-order valence-electron chi connectivity index (χ2n) is 6.16. The van der Waals surface area contributed by atoms with Gasteiger partial charge in [-0.1, -0.05) is 77.7 Å². The molecule has 1 fully saturated rings. The summed E-state index contributed by atoms with van der Waals surface area (Å²) < 4.78 is 5.23. The third-order valence-corrected chi connectivity index (χ3v) is 4.17. The van der Waals surface area contributed by atoms with Crippen LogP contribution >= 0.6 is 0 Å². The van der Waals surface area contributed by atoms with Crippen molar-refractivity contribution in [2.75, 3.05) is 0 Å². The largest absolute Gasteiger partial charge is 0.459 e. The minimum Gasteiger partial charge on any atom is -0.459 e. The molecule has 0 aromatic heterocycles. The van der Waals surface area contributed by atoms with Crippen molar-refractivity contribution < 1.29 is 9.53 Å². The molecule has 116 valence electrons. The third kappa shape index (κ3) is 7.72. The highest BCUT2D eigenvalue weighted by molar-refractivity contribution is 5.89. The first kappa shape index (κ1) is 17.3. The van der Waals surface area contributed by atoms with Crippen molar-refractivity contribution in [3.8, 4) is 0 Å². The second-order valence-corrected chi connectivity index (χ2v) is 6.16. The minimum absolute atomic E-state index is 0.119. The van der Waals surface area contributed by atoms with Gasteiger partial charge >= 0.3 is 5.97 Å². The van der Waals surface area contributed by atoms with Crippen LogP contribution in [0.2, 0.25) is 0 Å². The fourth-order valence-electron chi connectivity index (χ4n) is 2.83. The second kappa shape index (κ2) is 10.9. The van der Waals surface area contributed by atoms with Crippen LogP contribution in [-0.4, -0.2) is 12.1 Å². The van der Waals surface area contributed by atoms with Crippen LogP contribution in [0.3, 0.4) is 0 Å². The van der Waals surface area contributed by atoms with Crippen LogP contribution in [0.5, 0.6) is 0 Å². The maximum atomic E-state index is 11.2. The fraction of sp³-hybridized carbons (Fsp3) is 0.833. The summed E-state index contributed by atoms with van der Waals surface area (Å²) in [6.45, 7) is 5.98. The molecule has 1 unspecified atom stereocenters. The molecule has 0 amide bonds. The molecular formula is C18H32O2. The van der Waals surface area contributed by atoms with Crippen LogP contribution in [0, 0.1) is 0 Å². The molecular weight excluding hydrogens is 248 g/mol. The lowest BCUT2D eigenvalue weighted by molar-refractivity contribution is -0.139. The van der Waals surface area contributed by atoms with Gasteiger partial charge in [0.2, 0.25) is 0 Å².